The van der Waals surface area contributed by atoms with E-state index in [1.54, 1.807) is 4.90 Å². The predicted octanol–water partition coefficient (Wildman–Crippen LogP) is 3.61. The minimum Gasteiger partial charge on any atom is -0.394 e. The van der Waals surface area contributed by atoms with Gasteiger partial charge in [-0.25, -0.2) is 4.79 Å². The van der Waals surface area contributed by atoms with Crippen molar-refractivity contribution in [1.82, 2.24) is 15.5 Å². The first-order chi connectivity index (χ1) is 15.5. The van der Waals surface area contributed by atoms with Gasteiger partial charge >= 0.3 is 6.03 Å². The first kappa shape index (κ1) is 23.7. The Hall–Kier alpha value is -2.45. The molecule has 1 aromatic rings. The number of aliphatic hydroxyl groups is 1. The highest BCUT2D eigenvalue weighted by molar-refractivity contribution is 6.82. The van der Waals surface area contributed by atoms with Crippen molar-refractivity contribution in [2.24, 2.45) is 4.99 Å². The third kappa shape index (κ3) is 3.93. The molecule has 0 saturated heterocycles. The van der Waals surface area contributed by atoms with Crippen LogP contribution in [0, 0.1) is 0 Å². The van der Waals surface area contributed by atoms with E-state index in [2.05, 4.69) is 35.3 Å². The Balaban J connectivity index is 1.48. The van der Waals surface area contributed by atoms with E-state index in [1.807, 2.05) is 44.2 Å². The fourth-order valence-electron chi connectivity index (χ4n) is 5.41. The number of aliphatic imine (C=N–C) groups is 1. The number of urea groups is 1. The second-order valence-electron chi connectivity index (χ2n) is 11.0. The predicted molar refractivity (Wildman–Crippen MR) is 133 cm³/mol. The highest BCUT2D eigenvalue weighted by Gasteiger charge is 2.54. The molecule has 0 bridgehead atoms. The molecule has 1 atom stereocenters. The fourth-order valence-corrected chi connectivity index (χ4v) is 8.00. The molecule has 8 heteroatoms. The second-order valence-corrected chi connectivity index (χ2v) is 16.5. The maximum absolute atomic E-state index is 13.4. The van der Waals surface area contributed by atoms with Crippen LogP contribution in [0.1, 0.15) is 44.7 Å². The summed E-state index contributed by atoms with van der Waals surface area (Å²) in [6, 6.07) is 8.76. The van der Waals surface area contributed by atoms with Crippen LogP contribution in [-0.2, 0) is 4.79 Å². The molecule has 0 radical (unpaired) electrons. The van der Waals surface area contributed by atoms with Gasteiger partial charge in [-0.15, -0.1) is 0 Å². The fraction of sp³-hybridized carbons (Fsp3) is 0.560. The van der Waals surface area contributed by atoms with Crippen LogP contribution >= 0.6 is 0 Å². The number of nitrogens with one attached hydrogen (secondary N) is 2. The number of amides is 3. The van der Waals surface area contributed by atoms with Gasteiger partial charge in [0.25, 0.3) is 0 Å². The standard InChI is InChI=1S/C25H36N4O3Si/c1-24(2)19-14-26-21(28-22(31)25(12-9-13-25)33(3,4)5)18(19)15-29(24)23(32)27-20(16-30)17-10-7-6-8-11-17/h6-8,10-11,20,30H,9,12-16H2,1-5H3,(H,27,32)(H,26,28,31)/t20-/m0/s1. The summed E-state index contributed by atoms with van der Waals surface area (Å²) in [5, 5.41) is 15.8. The second kappa shape index (κ2) is 8.40. The van der Waals surface area contributed by atoms with Crippen molar-refractivity contribution in [3.8, 4) is 0 Å². The number of rotatable bonds is 5. The number of amidine groups is 1. The van der Waals surface area contributed by atoms with E-state index in [4.69, 9.17) is 0 Å². The van der Waals surface area contributed by atoms with Gasteiger partial charge in [0.05, 0.1) is 39.4 Å². The van der Waals surface area contributed by atoms with Gasteiger partial charge in [0.1, 0.15) is 5.84 Å². The maximum Gasteiger partial charge on any atom is 0.318 e. The molecule has 3 N–H and O–H groups in total. The van der Waals surface area contributed by atoms with Gasteiger partial charge < -0.3 is 20.6 Å². The van der Waals surface area contributed by atoms with Gasteiger partial charge in [-0.2, -0.15) is 0 Å². The lowest BCUT2D eigenvalue weighted by atomic mass is 9.83. The normalized spacial score (nSPS) is 21.8. The zero-order valence-corrected chi connectivity index (χ0v) is 21.4. The summed E-state index contributed by atoms with van der Waals surface area (Å²) in [4.78, 5) is 33.1. The first-order valence-corrected chi connectivity index (χ1v) is 15.3. The molecule has 33 heavy (non-hydrogen) atoms. The molecule has 7 nitrogen and oxygen atoms in total. The summed E-state index contributed by atoms with van der Waals surface area (Å²) in [7, 11) is -1.69. The van der Waals surface area contributed by atoms with Crippen LogP contribution in [0.15, 0.2) is 46.5 Å². The number of nitrogens with zero attached hydrogens (tertiary/aromatic N) is 2. The molecule has 2 heterocycles. The van der Waals surface area contributed by atoms with Crippen LogP contribution in [0.4, 0.5) is 4.79 Å². The Morgan fingerprint density at radius 1 is 1.18 bits per heavy atom. The van der Waals surface area contributed by atoms with Crippen LogP contribution in [0.3, 0.4) is 0 Å². The van der Waals surface area contributed by atoms with Gasteiger partial charge in [-0.05, 0) is 37.8 Å². The van der Waals surface area contributed by atoms with Crippen molar-refractivity contribution in [3.63, 3.8) is 0 Å². The Morgan fingerprint density at radius 2 is 1.85 bits per heavy atom. The summed E-state index contributed by atoms with van der Waals surface area (Å²) in [5.41, 5.74) is 2.36. The molecule has 2 aliphatic heterocycles. The number of hydrogen-bond donors (Lipinski definition) is 3. The molecular weight excluding hydrogens is 432 g/mol. The van der Waals surface area contributed by atoms with Gasteiger partial charge in [-0.1, -0.05) is 56.4 Å². The Bertz CT molecular complexity index is 1010. The molecule has 1 saturated carbocycles. The Morgan fingerprint density at radius 3 is 2.39 bits per heavy atom. The molecule has 4 rings (SSSR count). The molecular formula is C25H36N4O3Si. The molecule has 178 valence electrons. The van der Waals surface area contributed by atoms with Crippen LogP contribution in [0.5, 0.6) is 0 Å². The molecule has 3 amide bonds. The van der Waals surface area contributed by atoms with Crippen LogP contribution < -0.4 is 10.6 Å². The Labute approximate surface area is 197 Å². The van der Waals surface area contributed by atoms with E-state index in [9.17, 15) is 14.7 Å². The SMILES string of the molecule is CC1(C)C2=C(CN1C(=O)N[C@@H](CO)c1ccccc1)C(NC(=O)C1([Si](C)(C)C)CCC1)=NC2. The average Bonchev–Trinajstić information content (AvgIpc) is 3.23. The largest absolute Gasteiger partial charge is 0.394 e. The summed E-state index contributed by atoms with van der Waals surface area (Å²) in [5.74, 6) is 0.732. The van der Waals surface area contributed by atoms with Gasteiger partial charge in [0.15, 0.2) is 0 Å². The van der Waals surface area contributed by atoms with Crippen LogP contribution in [0.2, 0.25) is 24.7 Å². The topological polar surface area (TPSA) is 94.0 Å². The van der Waals surface area contributed by atoms with Crippen molar-refractivity contribution in [3.05, 3.63) is 47.0 Å². The van der Waals surface area contributed by atoms with E-state index in [-0.39, 0.29) is 23.6 Å². The average molecular weight is 469 g/mol. The molecule has 0 spiro atoms. The number of carbonyl (C=O) groups excluding carboxylic acids is 2. The molecule has 3 aliphatic rings. The maximum atomic E-state index is 13.4. The summed E-state index contributed by atoms with van der Waals surface area (Å²) >= 11 is 0. The highest BCUT2D eigenvalue weighted by Crippen LogP contribution is 2.55. The molecule has 0 aromatic heterocycles. The van der Waals surface area contributed by atoms with Crippen molar-refractivity contribution in [2.75, 3.05) is 19.7 Å². The highest BCUT2D eigenvalue weighted by atomic mass is 28.3. The van der Waals surface area contributed by atoms with Crippen molar-refractivity contribution in [2.45, 2.75) is 69.4 Å². The van der Waals surface area contributed by atoms with Crippen molar-refractivity contribution in [1.29, 1.82) is 0 Å². The van der Waals surface area contributed by atoms with E-state index < -0.39 is 19.7 Å². The number of hydrogen-bond acceptors (Lipinski definition) is 4. The lowest BCUT2D eigenvalue weighted by Gasteiger charge is -2.49. The lowest BCUT2D eigenvalue weighted by molar-refractivity contribution is -0.125. The Kier molecular flexibility index (Phi) is 6.03. The zero-order valence-electron chi connectivity index (χ0n) is 20.4. The van der Waals surface area contributed by atoms with E-state index in [1.165, 1.54) is 0 Å². The number of aliphatic hydroxyl groups excluding tert-OH is 1. The third-order valence-corrected chi connectivity index (χ3v) is 11.6. The molecule has 1 fully saturated rings. The summed E-state index contributed by atoms with van der Waals surface area (Å²) in [6.07, 6.45) is 3.01. The smallest absolute Gasteiger partial charge is 0.318 e. The van der Waals surface area contributed by atoms with Gasteiger partial charge in [0.2, 0.25) is 5.91 Å². The molecule has 1 aliphatic carbocycles. The first-order valence-electron chi connectivity index (χ1n) is 11.8. The zero-order chi connectivity index (χ0) is 24.0. The van der Waals surface area contributed by atoms with Crippen molar-refractivity contribution >= 4 is 25.8 Å². The van der Waals surface area contributed by atoms with E-state index in [0.29, 0.717) is 18.9 Å². The third-order valence-electron chi connectivity index (χ3n) is 8.01. The summed E-state index contributed by atoms with van der Waals surface area (Å²) < 4.78 is 0. The van der Waals surface area contributed by atoms with E-state index >= 15 is 0 Å². The molecule has 0 unspecified atom stereocenters. The van der Waals surface area contributed by atoms with Gasteiger partial charge in [0, 0.05) is 10.6 Å². The number of benzene rings is 1. The van der Waals surface area contributed by atoms with Crippen LogP contribution in [-0.4, -0.2) is 61.1 Å². The van der Waals surface area contributed by atoms with E-state index in [0.717, 1.165) is 36.0 Å². The number of carbonyl (C=O) groups is 2. The van der Waals surface area contributed by atoms with Gasteiger partial charge in [-0.3, -0.25) is 9.79 Å². The quantitative estimate of drug-likeness (QED) is 0.576. The monoisotopic (exact) mass is 468 g/mol. The minimum absolute atomic E-state index is 0.102. The molecule has 1 aromatic carbocycles. The van der Waals surface area contributed by atoms with Crippen LogP contribution in [0.25, 0.3) is 0 Å². The minimum atomic E-state index is -1.69. The van der Waals surface area contributed by atoms with Crippen molar-refractivity contribution < 1.29 is 14.7 Å². The summed E-state index contributed by atoms with van der Waals surface area (Å²) in [6.45, 7) is 11.5. The lowest BCUT2D eigenvalue weighted by Crippen LogP contribution is -2.55.